The van der Waals surface area contributed by atoms with Gasteiger partial charge in [-0.05, 0) is 12.8 Å². The van der Waals surface area contributed by atoms with Crippen molar-refractivity contribution in [2.45, 2.75) is 32.2 Å². The van der Waals surface area contributed by atoms with E-state index >= 15 is 0 Å². The summed E-state index contributed by atoms with van der Waals surface area (Å²) in [5.41, 5.74) is 0. The van der Waals surface area contributed by atoms with Crippen molar-refractivity contribution < 1.29 is 19.5 Å². The normalized spacial score (nSPS) is 17.6. The maximum Gasteiger partial charge on any atom is 0.326 e. The zero-order valence-electron chi connectivity index (χ0n) is 10.4. The fourth-order valence-electron chi connectivity index (χ4n) is 1.77. The zero-order valence-corrected chi connectivity index (χ0v) is 10.4. The predicted molar refractivity (Wildman–Crippen MR) is 64.1 cm³/mol. The molecule has 18 heavy (non-hydrogen) atoms. The molecule has 3 N–H and O–H groups in total. The van der Waals surface area contributed by atoms with Gasteiger partial charge in [0.15, 0.2) is 0 Å². The lowest BCUT2D eigenvalue weighted by Gasteiger charge is -2.22. The minimum atomic E-state index is -1.05. The summed E-state index contributed by atoms with van der Waals surface area (Å²) < 4.78 is 0. The summed E-state index contributed by atoms with van der Waals surface area (Å²) in [6.45, 7) is 2.81. The number of hydrogen-bond acceptors (Lipinski definition) is 3. The zero-order chi connectivity index (χ0) is 13.5. The van der Waals surface area contributed by atoms with Gasteiger partial charge in [-0.15, -0.1) is 0 Å². The summed E-state index contributed by atoms with van der Waals surface area (Å²) in [6, 6.07) is -1.39. The largest absolute Gasteiger partial charge is 0.480 e. The van der Waals surface area contributed by atoms with E-state index in [2.05, 4.69) is 10.6 Å². The molecule has 0 aromatic carbocycles. The highest BCUT2D eigenvalue weighted by atomic mass is 16.4. The molecule has 0 aromatic heterocycles. The maximum atomic E-state index is 11.9. The summed E-state index contributed by atoms with van der Waals surface area (Å²) in [6.07, 6.45) is 1.71. The Bertz CT molecular complexity index is 332. The third-order valence-electron chi connectivity index (χ3n) is 2.72. The van der Waals surface area contributed by atoms with Crippen molar-refractivity contribution >= 4 is 17.9 Å². The summed E-state index contributed by atoms with van der Waals surface area (Å²) in [7, 11) is 0. The number of nitrogens with zero attached hydrogens (tertiary/aromatic N) is 1. The summed E-state index contributed by atoms with van der Waals surface area (Å²) in [5.74, 6) is -1.27. The number of hydrogen-bond donors (Lipinski definition) is 3. The molecule has 0 radical (unpaired) electrons. The van der Waals surface area contributed by atoms with Crippen molar-refractivity contribution in [3.8, 4) is 0 Å². The molecule has 1 fully saturated rings. The first-order valence-electron chi connectivity index (χ1n) is 6.09. The van der Waals surface area contributed by atoms with Crippen LogP contribution in [-0.2, 0) is 9.59 Å². The van der Waals surface area contributed by atoms with Crippen LogP contribution in [0.1, 0.15) is 26.2 Å². The molecular formula is C11H19N3O4. The third kappa shape index (κ3) is 4.23. The molecule has 0 saturated carbocycles. The number of nitrogens with one attached hydrogen (secondary N) is 2. The molecule has 102 valence electrons. The number of carbonyl (C=O) groups excluding carboxylic acids is 2. The number of rotatable bonds is 4. The Hall–Kier alpha value is -1.79. The van der Waals surface area contributed by atoms with Gasteiger partial charge in [-0.3, -0.25) is 4.79 Å². The van der Waals surface area contributed by atoms with E-state index in [1.807, 2.05) is 6.92 Å². The van der Waals surface area contributed by atoms with Crippen LogP contribution in [-0.4, -0.2) is 53.6 Å². The van der Waals surface area contributed by atoms with E-state index in [1.54, 1.807) is 0 Å². The van der Waals surface area contributed by atoms with Crippen LogP contribution in [0.3, 0.4) is 0 Å². The molecule has 1 unspecified atom stereocenters. The van der Waals surface area contributed by atoms with Crippen molar-refractivity contribution in [1.29, 1.82) is 0 Å². The van der Waals surface area contributed by atoms with Gasteiger partial charge in [0, 0.05) is 13.1 Å². The van der Waals surface area contributed by atoms with E-state index in [1.165, 1.54) is 4.90 Å². The second-order valence-electron chi connectivity index (χ2n) is 4.25. The monoisotopic (exact) mass is 257 g/mol. The molecule has 1 aliphatic heterocycles. The van der Waals surface area contributed by atoms with Crippen LogP contribution in [0.4, 0.5) is 4.79 Å². The minimum Gasteiger partial charge on any atom is -0.480 e. The average Bonchev–Trinajstić information content (AvgIpc) is 2.53. The Labute approximate surface area is 106 Å². The lowest BCUT2D eigenvalue weighted by Crippen LogP contribution is -2.49. The van der Waals surface area contributed by atoms with Gasteiger partial charge in [0.2, 0.25) is 5.91 Å². The highest BCUT2D eigenvalue weighted by Gasteiger charge is 2.24. The Kier molecular flexibility index (Phi) is 5.41. The van der Waals surface area contributed by atoms with Crippen LogP contribution >= 0.6 is 0 Å². The number of carboxylic acid groups (broad SMARTS) is 1. The highest BCUT2D eigenvalue weighted by Crippen LogP contribution is 2.01. The number of amides is 3. The van der Waals surface area contributed by atoms with Gasteiger partial charge in [-0.2, -0.15) is 0 Å². The summed E-state index contributed by atoms with van der Waals surface area (Å²) in [5, 5.41) is 14.0. The van der Waals surface area contributed by atoms with Gasteiger partial charge >= 0.3 is 12.0 Å². The van der Waals surface area contributed by atoms with Crippen molar-refractivity contribution in [2.75, 3.05) is 19.6 Å². The molecule has 0 aliphatic carbocycles. The van der Waals surface area contributed by atoms with Crippen molar-refractivity contribution in [2.24, 2.45) is 0 Å². The minimum absolute atomic E-state index is 0.0235. The average molecular weight is 257 g/mol. The van der Waals surface area contributed by atoms with Gasteiger partial charge < -0.3 is 20.6 Å². The Morgan fingerprint density at radius 2 is 2.28 bits per heavy atom. The second kappa shape index (κ2) is 6.83. The first kappa shape index (κ1) is 14.3. The smallest absolute Gasteiger partial charge is 0.326 e. The van der Waals surface area contributed by atoms with Crippen molar-refractivity contribution in [3.05, 3.63) is 0 Å². The fraction of sp³-hybridized carbons (Fsp3) is 0.727. The Morgan fingerprint density at radius 3 is 2.89 bits per heavy atom. The molecule has 1 heterocycles. The van der Waals surface area contributed by atoms with E-state index in [4.69, 9.17) is 5.11 Å². The lowest BCUT2D eigenvalue weighted by molar-refractivity contribution is -0.139. The standard InChI is InChI=1S/C11H19N3O4/c1-2-4-8(10(16)17)13-11(18)14-6-3-5-12-9(15)7-14/h8H,2-7H2,1H3,(H,12,15)(H,13,18)(H,16,17). The fourth-order valence-corrected chi connectivity index (χ4v) is 1.77. The van der Waals surface area contributed by atoms with Crippen LogP contribution in [0.25, 0.3) is 0 Å². The topological polar surface area (TPSA) is 98.7 Å². The highest BCUT2D eigenvalue weighted by molar-refractivity contribution is 5.86. The first-order chi connectivity index (χ1) is 8.54. The molecule has 1 atom stereocenters. The van der Waals surface area contributed by atoms with E-state index in [-0.39, 0.29) is 12.5 Å². The van der Waals surface area contributed by atoms with Gasteiger partial charge in [0.25, 0.3) is 0 Å². The number of carbonyl (C=O) groups is 3. The quantitative estimate of drug-likeness (QED) is 0.648. The molecule has 7 heteroatoms. The maximum absolute atomic E-state index is 11.9. The van der Waals surface area contributed by atoms with Crippen LogP contribution in [0.2, 0.25) is 0 Å². The Balaban J connectivity index is 2.56. The van der Waals surface area contributed by atoms with Gasteiger partial charge in [0.1, 0.15) is 12.6 Å². The summed E-state index contributed by atoms with van der Waals surface area (Å²) >= 11 is 0. The van der Waals surface area contributed by atoms with Gasteiger partial charge in [-0.1, -0.05) is 13.3 Å². The predicted octanol–water partition coefficient (Wildman–Crippen LogP) is -0.229. The van der Waals surface area contributed by atoms with E-state index in [0.29, 0.717) is 32.4 Å². The Morgan fingerprint density at radius 1 is 1.56 bits per heavy atom. The van der Waals surface area contributed by atoms with E-state index in [0.717, 1.165) is 0 Å². The van der Waals surface area contributed by atoms with Gasteiger partial charge in [-0.25, -0.2) is 9.59 Å². The molecule has 1 rings (SSSR count). The van der Waals surface area contributed by atoms with Gasteiger partial charge in [0.05, 0.1) is 0 Å². The molecule has 7 nitrogen and oxygen atoms in total. The van der Waals surface area contributed by atoms with Crippen molar-refractivity contribution in [1.82, 2.24) is 15.5 Å². The molecule has 3 amide bonds. The number of urea groups is 1. The molecule has 0 bridgehead atoms. The van der Waals surface area contributed by atoms with Crippen LogP contribution < -0.4 is 10.6 Å². The first-order valence-corrected chi connectivity index (χ1v) is 6.09. The molecular weight excluding hydrogens is 238 g/mol. The number of aliphatic carboxylic acids is 1. The third-order valence-corrected chi connectivity index (χ3v) is 2.72. The molecule has 0 spiro atoms. The van der Waals surface area contributed by atoms with Crippen molar-refractivity contribution in [3.63, 3.8) is 0 Å². The lowest BCUT2D eigenvalue weighted by atomic mass is 10.2. The van der Waals surface area contributed by atoms with Crippen LogP contribution in [0.5, 0.6) is 0 Å². The molecule has 1 saturated heterocycles. The number of carboxylic acids is 1. The van der Waals surface area contributed by atoms with E-state index < -0.39 is 18.0 Å². The molecule has 0 aromatic rings. The SMILES string of the molecule is CCCC(NC(=O)N1CCCNC(=O)C1)C(=O)O. The second-order valence-corrected chi connectivity index (χ2v) is 4.25. The molecule has 1 aliphatic rings. The van der Waals surface area contributed by atoms with Crippen LogP contribution in [0.15, 0.2) is 0 Å². The summed E-state index contributed by atoms with van der Waals surface area (Å²) in [4.78, 5) is 35.4. The van der Waals surface area contributed by atoms with Crippen LogP contribution in [0, 0.1) is 0 Å². The van der Waals surface area contributed by atoms with E-state index in [9.17, 15) is 14.4 Å².